The third kappa shape index (κ3) is 2.78. The average Bonchev–Trinajstić information content (AvgIpc) is 2.39. The first-order chi connectivity index (χ1) is 9.34. The maximum absolute atomic E-state index is 12.6. The lowest BCUT2D eigenvalue weighted by Crippen LogP contribution is -2.52. The van der Waals surface area contributed by atoms with Crippen LogP contribution in [0.1, 0.15) is 6.92 Å². The molecule has 1 aromatic rings. The maximum atomic E-state index is 12.6. The molecule has 1 N–H and O–H groups in total. The molecule has 0 saturated carbocycles. The van der Waals surface area contributed by atoms with E-state index >= 15 is 0 Å². The molecular weight excluding hydrogens is 306 g/mol. The fraction of sp³-hybridized carbons (Fsp3) is 0.455. The van der Waals surface area contributed by atoms with E-state index in [0.29, 0.717) is 19.6 Å². The summed E-state index contributed by atoms with van der Waals surface area (Å²) in [5.41, 5.74) is -0.296. The molecule has 0 aromatic heterocycles. The second-order valence-electron chi connectivity index (χ2n) is 4.54. The fourth-order valence-electron chi connectivity index (χ4n) is 2.11. The summed E-state index contributed by atoms with van der Waals surface area (Å²) in [4.78, 5) is 9.91. The molecule has 1 heterocycles. The predicted octanol–water partition coefficient (Wildman–Crippen LogP) is 1.23. The molecule has 1 aromatic carbocycles. The number of piperazine rings is 1. The van der Waals surface area contributed by atoms with Crippen molar-refractivity contribution in [2.75, 3.05) is 19.6 Å². The number of halogens is 1. The Kier molecular flexibility index (Phi) is 4.28. The summed E-state index contributed by atoms with van der Waals surface area (Å²) in [5.74, 6) is 0. The van der Waals surface area contributed by atoms with Crippen LogP contribution in [0.5, 0.6) is 0 Å². The van der Waals surface area contributed by atoms with E-state index in [9.17, 15) is 18.5 Å². The Morgan fingerprint density at radius 1 is 1.50 bits per heavy atom. The van der Waals surface area contributed by atoms with Crippen LogP contribution in [0.4, 0.5) is 5.69 Å². The van der Waals surface area contributed by atoms with Crippen molar-refractivity contribution in [1.82, 2.24) is 9.62 Å². The Balaban J connectivity index is 2.48. The molecule has 2 rings (SSSR count). The van der Waals surface area contributed by atoms with Crippen LogP contribution in [0.3, 0.4) is 0 Å². The highest BCUT2D eigenvalue weighted by molar-refractivity contribution is 7.89. The minimum Gasteiger partial charge on any atom is -0.314 e. The Labute approximate surface area is 121 Å². The van der Waals surface area contributed by atoms with Crippen LogP contribution >= 0.6 is 11.6 Å². The molecule has 0 amide bonds. The molecule has 0 spiro atoms. The topological polar surface area (TPSA) is 92.6 Å². The van der Waals surface area contributed by atoms with Gasteiger partial charge in [-0.2, -0.15) is 4.31 Å². The van der Waals surface area contributed by atoms with E-state index in [1.807, 2.05) is 0 Å². The molecule has 20 heavy (non-hydrogen) atoms. The standard InChI is InChI=1S/C11H14ClN3O4S/c1-8-7-13-4-5-14(8)20(18,19)11-6-9(15(16)17)2-3-10(11)12/h2-3,6,8,13H,4-5,7H2,1H3. The number of nitrogens with zero attached hydrogens (tertiary/aromatic N) is 2. The summed E-state index contributed by atoms with van der Waals surface area (Å²) in [6.07, 6.45) is 0. The molecule has 110 valence electrons. The number of nitro groups is 1. The second-order valence-corrected chi connectivity index (χ2v) is 6.81. The zero-order valence-electron chi connectivity index (χ0n) is 10.7. The monoisotopic (exact) mass is 319 g/mol. The molecule has 0 bridgehead atoms. The minimum absolute atomic E-state index is 0.0127. The van der Waals surface area contributed by atoms with Gasteiger partial charge in [-0.3, -0.25) is 10.1 Å². The first kappa shape index (κ1) is 15.2. The van der Waals surface area contributed by atoms with Crippen LogP contribution < -0.4 is 5.32 Å². The van der Waals surface area contributed by atoms with Crippen LogP contribution in [-0.2, 0) is 10.0 Å². The summed E-state index contributed by atoms with van der Waals surface area (Å²) < 4.78 is 26.5. The quantitative estimate of drug-likeness (QED) is 0.668. The Morgan fingerprint density at radius 3 is 2.80 bits per heavy atom. The van der Waals surface area contributed by atoms with Crippen LogP contribution in [0, 0.1) is 10.1 Å². The SMILES string of the molecule is CC1CNCCN1S(=O)(=O)c1cc([N+](=O)[O-])ccc1Cl. The van der Waals surface area contributed by atoms with E-state index in [-0.39, 0.29) is 21.6 Å². The van der Waals surface area contributed by atoms with E-state index in [0.717, 1.165) is 6.07 Å². The second kappa shape index (κ2) is 5.65. The van der Waals surface area contributed by atoms with E-state index in [2.05, 4.69) is 5.32 Å². The van der Waals surface area contributed by atoms with Crippen LogP contribution in [0.15, 0.2) is 23.1 Å². The molecular formula is C11H14ClN3O4S. The first-order valence-corrected chi connectivity index (χ1v) is 7.82. The van der Waals surface area contributed by atoms with Crippen molar-refractivity contribution >= 4 is 27.3 Å². The van der Waals surface area contributed by atoms with Gasteiger partial charge < -0.3 is 5.32 Å². The molecule has 0 radical (unpaired) electrons. The van der Waals surface area contributed by atoms with Crippen molar-refractivity contribution in [1.29, 1.82) is 0 Å². The van der Waals surface area contributed by atoms with Gasteiger partial charge in [0.25, 0.3) is 5.69 Å². The van der Waals surface area contributed by atoms with Crippen LogP contribution in [0.2, 0.25) is 5.02 Å². The molecule has 1 aliphatic heterocycles. The number of hydrogen-bond donors (Lipinski definition) is 1. The molecule has 1 saturated heterocycles. The van der Waals surface area contributed by atoms with E-state index < -0.39 is 14.9 Å². The number of nitro benzene ring substituents is 1. The highest BCUT2D eigenvalue weighted by Gasteiger charge is 2.33. The normalized spacial score (nSPS) is 20.8. The summed E-state index contributed by atoms with van der Waals surface area (Å²) in [6.45, 7) is 3.15. The average molecular weight is 320 g/mol. The molecule has 1 unspecified atom stereocenters. The van der Waals surface area contributed by atoms with Crippen LogP contribution in [-0.4, -0.2) is 43.3 Å². The number of nitrogens with one attached hydrogen (secondary N) is 1. The van der Waals surface area contributed by atoms with E-state index in [1.54, 1.807) is 6.92 Å². The van der Waals surface area contributed by atoms with Crippen molar-refractivity contribution in [2.45, 2.75) is 17.9 Å². The zero-order valence-corrected chi connectivity index (χ0v) is 12.3. The molecule has 7 nitrogen and oxygen atoms in total. The molecule has 1 fully saturated rings. The smallest absolute Gasteiger partial charge is 0.270 e. The molecule has 1 aliphatic rings. The maximum Gasteiger partial charge on any atom is 0.270 e. The number of sulfonamides is 1. The van der Waals surface area contributed by atoms with Crippen molar-refractivity contribution in [3.8, 4) is 0 Å². The lowest BCUT2D eigenvalue weighted by Gasteiger charge is -2.32. The third-order valence-electron chi connectivity index (χ3n) is 3.15. The fourth-order valence-corrected chi connectivity index (χ4v) is 4.24. The lowest BCUT2D eigenvalue weighted by molar-refractivity contribution is -0.385. The summed E-state index contributed by atoms with van der Waals surface area (Å²) >= 11 is 5.91. The first-order valence-electron chi connectivity index (χ1n) is 6.00. The van der Waals surface area contributed by atoms with Gasteiger partial charge in [0.1, 0.15) is 4.90 Å². The third-order valence-corrected chi connectivity index (χ3v) is 5.65. The minimum atomic E-state index is -3.84. The van der Waals surface area contributed by atoms with Gasteiger partial charge in [0.15, 0.2) is 0 Å². The number of non-ortho nitro benzene ring substituents is 1. The van der Waals surface area contributed by atoms with Gasteiger partial charge in [-0.25, -0.2) is 8.42 Å². The van der Waals surface area contributed by atoms with Crippen molar-refractivity contribution in [3.63, 3.8) is 0 Å². The van der Waals surface area contributed by atoms with Gasteiger partial charge in [-0.1, -0.05) is 11.6 Å². The Hall–Kier alpha value is -1.22. The summed E-state index contributed by atoms with van der Waals surface area (Å²) in [7, 11) is -3.84. The Bertz CT molecular complexity index is 635. The molecule has 0 aliphatic carbocycles. The predicted molar refractivity (Wildman–Crippen MR) is 74.3 cm³/mol. The van der Waals surface area contributed by atoms with Crippen molar-refractivity contribution < 1.29 is 13.3 Å². The number of benzene rings is 1. The summed E-state index contributed by atoms with van der Waals surface area (Å²) in [6, 6.07) is 3.19. The highest BCUT2D eigenvalue weighted by Crippen LogP contribution is 2.29. The van der Waals surface area contributed by atoms with Gasteiger partial charge in [-0.15, -0.1) is 0 Å². The van der Waals surface area contributed by atoms with E-state index in [1.165, 1.54) is 16.4 Å². The van der Waals surface area contributed by atoms with Gasteiger partial charge in [-0.05, 0) is 13.0 Å². The van der Waals surface area contributed by atoms with Gasteiger partial charge in [0.05, 0.1) is 9.95 Å². The van der Waals surface area contributed by atoms with Crippen LogP contribution in [0.25, 0.3) is 0 Å². The van der Waals surface area contributed by atoms with Crippen molar-refractivity contribution in [3.05, 3.63) is 33.3 Å². The zero-order chi connectivity index (χ0) is 14.9. The number of hydrogen-bond acceptors (Lipinski definition) is 5. The van der Waals surface area contributed by atoms with Gasteiger partial charge in [0.2, 0.25) is 10.0 Å². The number of rotatable bonds is 3. The lowest BCUT2D eigenvalue weighted by atomic mass is 10.3. The molecule has 9 heteroatoms. The van der Waals surface area contributed by atoms with E-state index in [4.69, 9.17) is 11.6 Å². The Morgan fingerprint density at radius 2 is 2.20 bits per heavy atom. The molecule has 1 atom stereocenters. The van der Waals surface area contributed by atoms with Gasteiger partial charge in [0, 0.05) is 37.8 Å². The summed E-state index contributed by atoms with van der Waals surface area (Å²) in [5, 5.41) is 13.8. The van der Waals surface area contributed by atoms with Crippen molar-refractivity contribution in [2.24, 2.45) is 0 Å². The largest absolute Gasteiger partial charge is 0.314 e. The highest BCUT2D eigenvalue weighted by atomic mass is 35.5. The van der Waals surface area contributed by atoms with Gasteiger partial charge >= 0.3 is 0 Å².